The molecule has 0 saturated heterocycles. The van der Waals surface area contributed by atoms with Gasteiger partial charge in [0.2, 0.25) is 0 Å². The number of rotatable bonds is 3. The molecule has 1 amide bonds. The van der Waals surface area contributed by atoms with Gasteiger partial charge in [0, 0.05) is 30.7 Å². The fraction of sp³-hybridized carbons (Fsp3) is 0.167. The largest absolute Gasteiger partial charge is 1.00 e. The summed E-state index contributed by atoms with van der Waals surface area (Å²) in [5.74, 6) is -1.82. The predicted octanol–water partition coefficient (Wildman–Crippen LogP) is -2.06. The van der Waals surface area contributed by atoms with Crippen LogP contribution in [0.1, 0.15) is 5.56 Å². The van der Waals surface area contributed by atoms with Crippen LogP contribution in [0.3, 0.4) is 0 Å². The van der Waals surface area contributed by atoms with Crippen molar-refractivity contribution in [2.24, 2.45) is 0 Å². The van der Waals surface area contributed by atoms with Crippen LogP contribution in [0.4, 0.5) is 5.69 Å². The van der Waals surface area contributed by atoms with Crippen molar-refractivity contribution in [2.45, 2.75) is 0 Å². The summed E-state index contributed by atoms with van der Waals surface area (Å²) in [4.78, 5) is 22.8. The van der Waals surface area contributed by atoms with E-state index in [-0.39, 0.29) is 40.1 Å². The van der Waals surface area contributed by atoms with Crippen molar-refractivity contribution in [1.29, 1.82) is 5.26 Å². The van der Waals surface area contributed by atoms with Crippen LogP contribution < -0.4 is 34.7 Å². The predicted molar refractivity (Wildman–Crippen MR) is 69.3 cm³/mol. The quantitative estimate of drug-likeness (QED) is 0.159. The second-order valence-electron chi connectivity index (χ2n) is 3.93. The molecule has 0 atom stereocenters. The molecule has 104 valence electrons. The Morgan fingerprint density at radius 1 is 1.43 bits per heavy atom. The number of hydrogen-bond acceptors (Lipinski definition) is 5. The Bertz CT molecular complexity index is 652. The first-order valence-electron chi connectivity index (χ1n) is 5.27. The van der Waals surface area contributed by atoms with Crippen molar-refractivity contribution >= 4 is 29.0 Å². The Morgan fingerprint density at radius 2 is 2.00 bits per heavy atom. The van der Waals surface area contributed by atoms with E-state index in [2.05, 4.69) is 0 Å². The third kappa shape index (κ3) is 4.44. The third-order valence-corrected chi connectivity index (χ3v) is 2.60. The number of benzene rings is 1. The first-order chi connectivity index (χ1) is 9.29. The maximum atomic E-state index is 12.1. The van der Waals surface area contributed by atoms with E-state index >= 15 is 0 Å². The molecule has 7 nitrogen and oxygen atoms in total. The molecule has 0 N–H and O–H groups in total. The maximum Gasteiger partial charge on any atom is 1.00 e. The van der Waals surface area contributed by atoms with Crippen molar-refractivity contribution in [3.8, 4) is 6.07 Å². The van der Waals surface area contributed by atoms with Crippen LogP contribution in [0.15, 0.2) is 23.8 Å². The van der Waals surface area contributed by atoms with Gasteiger partial charge in [-0.05, 0) is 12.1 Å². The molecule has 0 aliphatic carbocycles. The number of nitro groups is 1. The molecule has 1 aromatic rings. The van der Waals surface area contributed by atoms with E-state index in [4.69, 9.17) is 16.9 Å². The summed E-state index contributed by atoms with van der Waals surface area (Å²) in [6.45, 7) is 0. The van der Waals surface area contributed by atoms with Gasteiger partial charge in [-0.1, -0.05) is 17.4 Å². The minimum absolute atomic E-state index is 0. The van der Waals surface area contributed by atoms with E-state index in [1.807, 2.05) is 0 Å². The Balaban J connectivity index is 0.00000400. The molecule has 0 radical (unpaired) electrons. The zero-order valence-corrected chi connectivity index (χ0v) is 14.3. The van der Waals surface area contributed by atoms with Crippen molar-refractivity contribution in [2.75, 3.05) is 14.1 Å². The van der Waals surface area contributed by atoms with Crippen LogP contribution >= 0.6 is 11.6 Å². The van der Waals surface area contributed by atoms with Gasteiger partial charge in [-0.15, -0.1) is 0 Å². The molecule has 0 saturated carbocycles. The van der Waals surface area contributed by atoms with Crippen LogP contribution in [0, 0.1) is 21.4 Å². The topological polar surface area (TPSA) is 110 Å². The fourth-order valence-electron chi connectivity index (χ4n) is 1.40. The number of carbonyl (C=O) groups is 1. The second kappa shape index (κ2) is 8.00. The number of nitrogens with zero attached hydrogens (tertiary/aromatic N) is 3. The van der Waals surface area contributed by atoms with E-state index in [1.54, 1.807) is 0 Å². The molecular formula is C12H9ClN3NaO4. The minimum atomic E-state index is -1.01. The van der Waals surface area contributed by atoms with Crippen molar-refractivity contribution < 1.29 is 44.4 Å². The zero-order chi connectivity index (χ0) is 15.4. The summed E-state index contributed by atoms with van der Waals surface area (Å²) < 4.78 is 0. The smallest absolute Gasteiger partial charge is 0.871 e. The molecule has 21 heavy (non-hydrogen) atoms. The molecule has 0 heterocycles. The minimum Gasteiger partial charge on any atom is -0.871 e. The Kier molecular flexibility index (Phi) is 7.39. The molecule has 0 aromatic heterocycles. The fourth-order valence-corrected chi connectivity index (χ4v) is 1.57. The maximum absolute atomic E-state index is 12.1. The normalized spacial score (nSPS) is 10.8. The van der Waals surface area contributed by atoms with Crippen molar-refractivity contribution in [3.05, 3.63) is 44.5 Å². The Morgan fingerprint density at radius 3 is 2.43 bits per heavy atom. The monoisotopic (exact) mass is 317 g/mol. The first kappa shape index (κ1) is 19.4. The van der Waals surface area contributed by atoms with Gasteiger partial charge in [-0.25, -0.2) is 0 Å². The number of carbonyl (C=O) groups excluding carboxylic acids is 1. The van der Waals surface area contributed by atoms with Crippen LogP contribution in [0.5, 0.6) is 0 Å². The average Bonchev–Trinajstić information content (AvgIpc) is 2.38. The van der Waals surface area contributed by atoms with Crippen LogP contribution in [-0.4, -0.2) is 29.8 Å². The summed E-state index contributed by atoms with van der Waals surface area (Å²) in [7, 11) is 2.73. The zero-order valence-electron chi connectivity index (χ0n) is 11.6. The molecule has 0 spiro atoms. The molecule has 1 aromatic carbocycles. The summed E-state index contributed by atoms with van der Waals surface area (Å²) in [5.41, 5.74) is -1.60. The van der Waals surface area contributed by atoms with Crippen molar-refractivity contribution in [1.82, 2.24) is 4.90 Å². The van der Waals surface area contributed by atoms with Crippen LogP contribution in [0.25, 0.3) is 5.76 Å². The summed E-state index contributed by atoms with van der Waals surface area (Å²) in [6.07, 6.45) is 0. The summed E-state index contributed by atoms with van der Waals surface area (Å²) in [5, 5.41) is 32.0. The van der Waals surface area contributed by atoms with Gasteiger partial charge in [0.25, 0.3) is 11.6 Å². The van der Waals surface area contributed by atoms with Crippen LogP contribution in [-0.2, 0) is 4.79 Å². The van der Waals surface area contributed by atoms with Gasteiger partial charge in [0.1, 0.15) is 11.6 Å². The molecular weight excluding hydrogens is 309 g/mol. The van der Waals surface area contributed by atoms with E-state index < -0.39 is 27.9 Å². The molecule has 0 bridgehead atoms. The number of amides is 1. The van der Waals surface area contributed by atoms with Gasteiger partial charge >= 0.3 is 29.6 Å². The number of nitro benzene ring substituents is 1. The van der Waals surface area contributed by atoms with Crippen molar-refractivity contribution in [3.63, 3.8) is 0 Å². The second-order valence-corrected chi connectivity index (χ2v) is 4.37. The molecule has 1 rings (SSSR count). The molecule has 0 fully saturated rings. The van der Waals surface area contributed by atoms with Crippen LogP contribution in [0.2, 0.25) is 5.02 Å². The van der Waals surface area contributed by atoms with Gasteiger partial charge < -0.3 is 10.0 Å². The average molecular weight is 318 g/mol. The number of likely N-dealkylation sites (N-methyl/N-ethyl adjacent to an activating group) is 1. The first-order valence-corrected chi connectivity index (χ1v) is 5.64. The third-order valence-electron chi connectivity index (χ3n) is 2.36. The van der Waals surface area contributed by atoms with E-state index in [9.17, 15) is 20.0 Å². The Labute approximate surface area is 147 Å². The molecule has 9 heteroatoms. The SMILES string of the molecule is CN(C)C(=O)C(C#N)=C([O-])c1ccc(Cl)cc1[N+](=O)[O-].[Na+]. The van der Waals surface area contributed by atoms with E-state index in [1.165, 1.54) is 26.2 Å². The van der Waals surface area contributed by atoms with E-state index in [0.29, 0.717) is 0 Å². The number of halogens is 1. The number of nitriles is 1. The Hall–Kier alpha value is -1.59. The van der Waals surface area contributed by atoms with Gasteiger partial charge in [-0.3, -0.25) is 14.9 Å². The van der Waals surface area contributed by atoms with Gasteiger partial charge in [-0.2, -0.15) is 5.26 Å². The summed E-state index contributed by atoms with van der Waals surface area (Å²) in [6, 6.07) is 4.86. The van der Waals surface area contributed by atoms with Gasteiger partial charge in [0.15, 0.2) is 0 Å². The number of hydrogen-bond donors (Lipinski definition) is 0. The standard InChI is InChI=1S/C12H10ClN3O4.Na/c1-15(2)12(18)9(6-14)11(17)8-4-3-7(13)5-10(8)16(19)20;/h3-5,17H,1-2H3;/q;+1/p-1. The molecule has 0 aliphatic rings. The molecule has 0 aliphatic heterocycles. The summed E-state index contributed by atoms with van der Waals surface area (Å²) >= 11 is 5.63. The molecule has 0 unspecified atom stereocenters. The van der Waals surface area contributed by atoms with E-state index in [0.717, 1.165) is 17.0 Å². The van der Waals surface area contributed by atoms with Gasteiger partial charge in [0.05, 0.1) is 4.92 Å².